The molecule has 1 heterocycles. The first kappa shape index (κ1) is 16.8. The van der Waals surface area contributed by atoms with Gasteiger partial charge >= 0.3 is 0 Å². The molecule has 3 aromatic rings. The number of nitrogens with zero attached hydrogens (tertiary/aromatic N) is 2. The molecule has 0 saturated carbocycles. The van der Waals surface area contributed by atoms with E-state index in [1.165, 1.54) is 18.2 Å². The number of carbonyl (C=O) groups is 1. The Morgan fingerprint density at radius 2 is 1.64 bits per heavy atom. The topological polar surface area (TPSA) is 66.9 Å². The number of rotatable bonds is 4. The van der Waals surface area contributed by atoms with Crippen molar-refractivity contribution < 1.29 is 13.6 Å². The summed E-state index contributed by atoms with van der Waals surface area (Å²) in [6.45, 7) is 0. The zero-order valence-corrected chi connectivity index (χ0v) is 13.4. The predicted octanol–water partition coefficient (Wildman–Crippen LogP) is 4.40. The smallest absolute Gasteiger partial charge is 0.276 e. The fraction of sp³-hybridized carbons (Fsp3) is 0. The van der Waals surface area contributed by atoms with Crippen LogP contribution in [0.5, 0.6) is 0 Å². The van der Waals surface area contributed by atoms with Crippen LogP contribution >= 0.6 is 11.6 Å². The maximum Gasteiger partial charge on any atom is 0.276 e. The van der Waals surface area contributed by atoms with E-state index in [4.69, 9.17) is 11.6 Å². The molecule has 8 heteroatoms. The average molecular weight is 361 g/mol. The summed E-state index contributed by atoms with van der Waals surface area (Å²) in [6, 6.07) is 13.0. The highest BCUT2D eigenvalue weighted by molar-refractivity contribution is 6.33. The van der Waals surface area contributed by atoms with Crippen molar-refractivity contribution in [3.63, 3.8) is 0 Å². The lowest BCUT2D eigenvalue weighted by Gasteiger charge is -2.08. The summed E-state index contributed by atoms with van der Waals surface area (Å²) in [4.78, 5) is 12.1. The lowest BCUT2D eigenvalue weighted by molar-refractivity contribution is 0.102. The molecule has 2 N–H and O–H groups in total. The summed E-state index contributed by atoms with van der Waals surface area (Å²) in [5.41, 5.74) is 0.121. The summed E-state index contributed by atoms with van der Waals surface area (Å²) in [6.07, 6.45) is 0. The van der Waals surface area contributed by atoms with E-state index in [0.29, 0.717) is 10.7 Å². The minimum Gasteiger partial charge on any atom is -0.334 e. The molecular weight excluding hydrogens is 350 g/mol. The molecule has 0 unspecified atom stereocenters. The summed E-state index contributed by atoms with van der Waals surface area (Å²) in [7, 11) is 0. The van der Waals surface area contributed by atoms with E-state index in [9.17, 15) is 13.6 Å². The van der Waals surface area contributed by atoms with Crippen molar-refractivity contribution in [3.8, 4) is 0 Å². The molecule has 25 heavy (non-hydrogen) atoms. The third kappa shape index (κ3) is 3.89. The third-order valence-corrected chi connectivity index (χ3v) is 3.56. The van der Waals surface area contributed by atoms with Gasteiger partial charge in [0.1, 0.15) is 17.3 Å². The highest BCUT2D eigenvalue weighted by Crippen LogP contribution is 2.23. The normalized spacial score (nSPS) is 10.4. The van der Waals surface area contributed by atoms with Crippen LogP contribution in [0.3, 0.4) is 0 Å². The first-order valence-corrected chi connectivity index (χ1v) is 7.53. The number of benzene rings is 2. The lowest BCUT2D eigenvalue weighted by atomic mass is 10.3. The van der Waals surface area contributed by atoms with Crippen LogP contribution in [0.4, 0.5) is 26.0 Å². The van der Waals surface area contributed by atoms with Crippen molar-refractivity contribution >= 4 is 34.7 Å². The number of aromatic nitrogens is 2. The molecule has 0 aliphatic carbocycles. The summed E-state index contributed by atoms with van der Waals surface area (Å²) < 4.78 is 27.2. The zero-order chi connectivity index (χ0) is 17.8. The minimum atomic E-state index is -0.762. The lowest BCUT2D eigenvalue weighted by Crippen LogP contribution is -2.15. The van der Waals surface area contributed by atoms with Crippen molar-refractivity contribution in [2.24, 2.45) is 0 Å². The number of hydrogen-bond acceptors (Lipinski definition) is 4. The Labute approximate surface area is 146 Å². The van der Waals surface area contributed by atoms with Crippen molar-refractivity contribution in [1.29, 1.82) is 0 Å². The van der Waals surface area contributed by atoms with Gasteiger partial charge in [-0.1, -0.05) is 29.8 Å². The van der Waals surface area contributed by atoms with Crippen LogP contribution in [-0.4, -0.2) is 16.1 Å². The number of carbonyl (C=O) groups excluding carboxylic acids is 1. The summed E-state index contributed by atoms with van der Waals surface area (Å²) in [5, 5.41) is 13.0. The second-order valence-corrected chi connectivity index (χ2v) is 5.37. The first-order valence-electron chi connectivity index (χ1n) is 7.15. The van der Waals surface area contributed by atoms with Crippen LogP contribution in [0.1, 0.15) is 10.5 Å². The second kappa shape index (κ2) is 7.23. The molecular formula is C17H11ClF2N4O. The average Bonchev–Trinajstić information content (AvgIpc) is 2.61. The number of halogens is 3. The van der Waals surface area contributed by atoms with Gasteiger partial charge in [-0.2, -0.15) is 0 Å². The van der Waals surface area contributed by atoms with Crippen LogP contribution in [-0.2, 0) is 0 Å². The van der Waals surface area contributed by atoms with Crippen molar-refractivity contribution in [1.82, 2.24) is 10.2 Å². The molecule has 0 atom stereocenters. The van der Waals surface area contributed by atoms with E-state index in [1.54, 1.807) is 24.3 Å². The monoisotopic (exact) mass is 360 g/mol. The highest BCUT2D eigenvalue weighted by Gasteiger charge is 2.12. The van der Waals surface area contributed by atoms with E-state index in [-0.39, 0.29) is 17.2 Å². The molecule has 0 aliphatic rings. The Balaban J connectivity index is 1.74. The molecule has 2 aromatic carbocycles. The Hall–Kier alpha value is -3.06. The Morgan fingerprint density at radius 1 is 0.920 bits per heavy atom. The molecule has 1 amide bonds. The van der Waals surface area contributed by atoms with Crippen molar-refractivity contribution in [2.45, 2.75) is 0 Å². The molecule has 0 aliphatic heterocycles. The summed E-state index contributed by atoms with van der Waals surface area (Å²) >= 11 is 5.97. The van der Waals surface area contributed by atoms with E-state index >= 15 is 0 Å². The number of amides is 1. The van der Waals surface area contributed by atoms with Crippen LogP contribution in [0.15, 0.2) is 54.6 Å². The van der Waals surface area contributed by atoms with Crippen LogP contribution in [0.25, 0.3) is 0 Å². The summed E-state index contributed by atoms with van der Waals surface area (Å²) in [5.74, 6) is -1.94. The maximum absolute atomic E-state index is 13.6. The molecule has 5 nitrogen and oxygen atoms in total. The molecule has 0 spiro atoms. The van der Waals surface area contributed by atoms with Crippen LogP contribution in [0.2, 0.25) is 5.02 Å². The molecule has 3 rings (SSSR count). The van der Waals surface area contributed by atoms with Gasteiger partial charge in [0, 0.05) is 0 Å². The van der Waals surface area contributed by atoms with Gasteiger partial charge in [-0.3, -0.25) is 4.79 Å². The predicted molar refractivity (Wildman–Crippen MR) is 91.1 cm³/mol. The van der Waals surface area contributed by atoms with Gasteiger partial charge in [-0.25, -0.2) is 8.78 Å². The van der Waals surface area contributed by atoms with Crippen LogP contribution < -0.4 is 10.6 Å². The molecule has 0 bridgehead atoms. The third-order valence-electron chi connectivity index (χ3n) is 3.24. The number of nitrogens with one attached hydrogen (secondary N) is 2. The van der Waals surface area contributed by atoms with Gasteiger partial charge in [-0.15, -0.1) is 10.2 Å². The van der Waals surface area contributed by atoms with E-state index < -0.39 is 17.5 Å². The van der Waals surface area contributed by atoms with E-state index in [2.05, 4.69) is 20.8 Å². The molecule has 0 radical (unpaired) electrons. The quantitative estimate of drug-likeness (QED) is 0.723. The highest BCUT2D eigenvalue weighted by atomic mass is 35.5. The maximum atomic E-state index is 13.6. The molecule has 126 valence electrons. The molecule has 1 aromatic heterocycles. The van der Waals surface area contributed by atoms with Gasteiger partial charge in [0.05, 0.1) is 10.7 Å². The Morgan fingerprint density at radius 3 is 2.28 bits per heavy atom. The van der Waals surface area contributed by atoms with Gasteiger partial charge in [0.25, 0.3) is 5.91 Å². The van der Waals surface area contributed by atoms with Crippen molar-refractivity contribution in [2.75, 3.05) is 10.6 Å². The molecule has 0 saturated heterocycles. The standard InChI is InChI=1S/C17H11ClF2N4O/c18-10-4-1-2-7-13(10)21-17(25)14-8-9-15(24-23-14)22-16-11(19)5-3-6-12(16)20/h1-9H,(H,21,25)(H,22,24). The number of hydrogen-bond donors (Lipinski definition) is 2. The number of anilines is 3. The van der Waals surface area contributed by atoms with Gasteiger partial charge in [-0.05, 0) is 36.4 Å². The van der Waals surface area contributed by atoms with Gasteiger partial charge < -0.3 is 10.6 Å². The van der Waals surface area contributed by atoms with Gasteiger partial charge in [0.15, 0.2) is 11.5 Å². The van der Waals surface area contributed by atoms with Crippen molar-refractivity contribution in [3.05, 3.63) is 76.9 Å². The van der Waals surface area contributed by atoms with E-state index in [1.807, 2.05) is 0 Å². The van der Waals surface area contributed by atoms with Gasteiger partial charge in [0.2, 0.25) is 0 Å². The first-order chi connectivity index (χ1) is 12.0. The van der Waals surface area contributed by atoms with E-state index in [0.717, 1.165) is 12.1 Å². The largest absolute Gasteiger partial charge is 0.334 e. The fourth-order valence-corrected chi connectivity index (χ4v) is 2.20. The Kier molecular flexibility index (Phi) is 4.85. The molecule has 0 fully saturated rings. The number of para-hydroxylation sites is 2. The fourth-order valence-electron chi connectivity index (χ4n) is 2.01. The second-order valence-electron chi connectivity index (χ2n) is 4.96. The SMILES string of the molecule is O=C(Nc1ccccc1Cl)c1ccc(Nc2c(F)cccc2F)nn1. The Bertz CT molecular complexity index is 899. The van der Waals surface area contributed by atoms with Crippen LogP contribution in [0, 0.1) is 11.6 Å². The minimum absolute atomic E-state index is 0.0273. The zero-order valence-electron chi connectivity index (χ0n) is 12.6.